The van der Waals surface area contributed by atoms with Gasteiger partial charge in [-0.25, -0.2) is 4.39 Å². The molecule has 0 aliphatic rings. The van der Waals surface area contributed by atoms with Gasteiger partial charge in [-0.1, -0.05) is 31.5 Å². The molecule has 92 valence electrons. The van der Waals surface area contributed by atoms with Crippen LogP contribution in [0.3, 0.4) is 0 Å². The molecule has 0 unspecified atom stereocenters. The standard InChI is InChI=1S/C12H13ClFNO2/c1-12(2,7-15-11(17)6-16)8-3-4-10(14)9(13)5-8/h3-6H,7H2,1-2H3,(H,15,17). The van der Waals surface area contributed by atoms with Crippen LogP contribution in [-0.4, -0.2) is 18.7 Å². The summed E-state index contributed by atoms with van der Waals surface area (Å²) < 4.78 is 13.0. The first-order chi connectivity index (χ1) is 7.86. The Morgan fingerprint density at radius 2 is 2.18 bits per heavy atom. The molecule has 0 saturated heterocycles. The SMILES string of the molecule is CC(C)(CNC(=O)C=O)c1ccc(F)c(Cl)c1. The van der Waals surface area contributed by atoms with Gasteiger partial charge in [0.15, 0.2) is 0 Å². The van der Waals surface area contributed by atoms with Crippen LogP contribution < -0.4 is 5.32 Å². The van der Waals surface area contributed by atoms with Crippen molar-refractivity contribution in [2.24, 2.45) is 0 Å². The van der Waals surface area contributed by atoms with Gasteiger partial charge in [0.25, 0.3) is 5.91 Å². The fourth-order valence-electron chi connectivity index (χ4n) is 1.37. The van der Waals surface area contributed by atoms with Gasteiger partial charge in [-0.3, -0.25) is 9.59 Å². The van der Waals surface area contributed by atoms with Crippen molar-refractivity contribution >= 4 is 23.8 Å². The van der Waals surface area contributed by atoms with Gasteiger partial charge in [-0.2, -0.15) is 0 Å². The number of rotatable bonds is 4. The zero-order chi connectivity index (χ0) is 13.1. The molecule has 0 fully saturated rings. The summed E-state index contributed by atoms with van der Waals surface area (Å²) >= 11 is 5.69. The Morgan fingerprint density at radius 1 is 1.53 bits per heavy atom. The summed E-state index contributed by atoms with van der Waals surface area (Å²) in [5.41, 5.74) is 0.353. The predicted molar refractivity (Wildman–Crippen MR) is 63.5 cm³/mol. The van der Waals surface area contributed by atoms with Crippen molar-refractivity contribution in [2.75, 3.05) is 6.54 Å². The fraction of sp³-hybridized carbons (Fsp3) is 0.333. The Labute approximate surface area is 104 Å². The number of carbonyl (C=O) groups excluding carboxylic acids is 2. The maximum Gasteiger partial charge on any atom is 0.284 e. The van der Waals surface area contributed by atoms with E-state index in [1.165, 1.54) is 12.1 Å². The van der Waals surface area contributed by atoms with Crippen molar-refractivity contribution in [3.8, 4) is 0 Å². The second-order valence-corrected chi connectivity index (χ2v) is 4.76. The summed E-state index contributed by atoms with van der Waals surface area (Å²) in [6.45, 7) is 4.00. The number of halogens is 2. The van der Waals surface area contributed by atoms with Crippen LogP contribution in [0.15, 0.2) is 18.2 Å². The van der Waals surface area contributed by atoms with Gasteiger partial charge < -0.3 is 5.32 Å². The van der Waals surface area contributed by atoms with Gasteiger partial charge in [0.2, 0.25) is 6.29 Å². The van der Waals surface area contributed by atoms with E-state index in [0.717, 1.165) is 5.56 Å². The molecular formula is C12H13ClFNO2. The van der Waals surface area contributed by atoms with E-state index in [-0.39, 0.29) is 17.9 Å². The number of hydrogen-bond donors (Lipinski definition) is 1. The van der Waals surface area contributed by atoms with E-state index in [1.54, 1.807) is 6.07 Å². The topological polar surface area (TPSA) is 46.2 Å². The maximum absolute atomic E-state index is 13.0. The van der Waals surface area contributed by atoms with E-state index in [0.29, 0.717) is 0 Å². The molecule has 0 aliphatic carbocycles. The molecule has 0 heterocycles. The number of nitrogens with one attached hydrogen (secondary N) is 1. The average Bonchev–Trinajstić information content (AvgIpc) is 2.29. The quantitative estimate of drug-likeness (QED) is 0.663. The van der Waals surface area contributed by atoms with Crippen molar-refractivity contribution < 1.29 is 14.0 Å². The number of aldehydes is 1. The zero-order valence-electron chi connectivity index (χ0n) is 9.59. The normalized spacial score (nSPS) is 11.1. The third kappa shape index (κ3) is 3.53. The van der Waals surface area contributed by atoms with Crippen LogP contribution in [0.2, 0.25) is 5.02 Å². The zero-order valence-corrected chi connectivity index (χ0v) is 10.3. The second kappa shape index (κ2) is 5.27. The molecule has 1 aromatic rings. The van der Waals surface area contributed by atoms with E-state index in [4.69, 9.17) is 11.6 Å². The molecule has 1 amide bonds. The monoisotopic (exact) mass is 257 g/mol. The molecule has 0 bridgehead atoms. The molecular weight excluding hydrogens is 245 g/mol. The minimum atomic E-state index is -0.675. The number of amides is 1. The number of carbonyl (C=O) groups is 2. The van der Waals surface area contributed by atoms with Gasteiger partial charge in [0.1, 0.15) is 5.82 Å². The van der Waals surface area contributed by atoms with E-state index >= 15 is 0 Å². The smallest absolute Gasteiger partial charge is 0.284 e. The van der Waals surface area contributed by atoms with Crippen LogP contribution in [0.25, 0.3) is 0 Å². The van der Waals surface area contributed by atoms with Gasteiger partial charge in [-0.05, 0) is 17.7 Å². The van der Waals surface area contributed by atoms with Crippen molar-refractivity contribution in [2.45, 2.75) is 19.3 Å². The van der Waals surface area contributed by atoms with Crippen LogP contribution in [0.4, 0.5) is 4.39 Å². The van der Waals surface area contributed by atoms with E-state index in [2.05, 4.69) is 5.32 Å². The lowest BCUT2D eigenvalue weighted by Crippen LogP contribution is -2.37. The summed E-state index contributed by atoms with van der Waals surface area (Å²) in [7, 11) is 0. The molecule has 1 aromatic carbocycles. The maximum atomic E-state index is 13.0. The first-order valence-electron chi connectivity index (χ1n) is 5.05. The highest BCUT2D eigenvalue weighted by molar-refractivity contribution is 6.30. The lowest BCUT2D eigenvalue weighted by atomic mass is 9.84. The van der Waals surface area contributed by atoms with Crippen molar-refractivity contribution in [1.29, 1.82) is 0 Å². The molecule has 1 N–H and O–H groups in total. The third-order valence-electron chi connectivity index (χ3n) is 2.51. The highest BCUT2D eigenvalue weighted by atomic mass is 35.5. The van der Waals surface area contributed by atoms with Crippen molar-refractivity contribution in [3.63, 3.8) is 0 Å². The number of benzene rings is 1. The molecule has 0 atom stereocenters. The van der Waals surface area contributed by atoms with Crippen LogP contribution in [0.5, 0.6) is 0 Å². The van der Waals surface area contributed by atoms with Crippen LogP contribution in [0, 0.1) is 5.82 Å². The van der Waals surface area contributed by atoms with Gasteiger partial charge in [0.05, 0.1) is 5.02 Å². The van der Waals surface area contributed by atoms with Crippen molar-refractivity contribution in [1.82, 2.24) is 5.32 Å². The van der Waals surface area contributed by atoms with E-state index in [1.807, 2.05) is 13.8 Å². The lowest BCUT2D eigenvalue weighted by Gasteiger charge is -2.25. The molecule has 0 aromatic heterocycles. The third-order valence-corrected chi connectivity index (χ3v) is 2.80. The Balaban J connectivity index is 2.84. The van der Waals surface area contributed by atoms with Crippen LogP contribution in [0.1, 0.15) is 19.4 Å². The Kier molecular flexibility index (Phi) is 4.23. The molecule has 0 radical (unpaired) electrons. The fourth-order valence-corrected chi connectivity index (χ4v) is 1.55. The summed E-state index contributed by atoms with van der Waals surface area (Å²) in [5, 5.41) is 2.50. The molecule has 1 rings (SSSR count). The first kappa shape index (κ1) is 13.6. The van der Waals surface area contributed by atoms with Gasteiger partial charge >= 0.3 is 0 Å². The minimum absolute atomic E-state index is 0.0392. The molecule has 0 aliphatic heterocycles. The number of hydrogen-bond acceptors (Lipinski definition) is 2. The lowest BCUT2D eigenvalue weighted by molar-refractivity contribution is -0.131. The van der Waals surface area contributed by atoms with Gasteiger partial charge in [0, 0.05) is 12.0 Å². The Morgan fingerprint density at radius 3 is 2.71 bits per heavy atom. The summed E-state index contributed by atoms with van der Waals surface area (Å²) in [6.07, 6.45) is 0.216. The highest BCUT2D eigenvalue weighted by Gasteiger charge is 2.22. The Bertz CT molecular complexity index is 446. The van der Waals surface area contributed by atoms with E-state index < -0.39 is 17.1 Å². The van der Waals surface area contributed by atoms with Crippen LogP contribution in [-0.2, 0) is 15.0 Å². The largest absolute Gasteiger partial charge is 0.349 e. The summed E-state index contributed by atoms with van der Waals surface area (Å²) in [4.78, 5) is 21.0. The average molecular weight is 258 g/mol. The highest BCUT2D eigenvalue weighted by Crippen LogP contribution is 2.26. The second-order valence-electron chi connectivity index (χ2n) is 4.35. The Hall–Kier alpha value is -1.42. The first-order valence-corrected chi connectivity index (χ1v) is 5.43. The van der Waals surface area contributed by atoms with Gasteiger partial charge in [-0.15, -0.1) is 0 Å². The summed E-state index contributed by atoms with van der Waals surface area (Å²) in [5.74, 6) is -1.16. The van der Waals surface area contributed by atoms with Crippen LogP contribution >= 0.6 is 11.6 Å². The van der Waals surface area contributed by atoms with Crippen molar-refractivity contribution in [3.05, 3.63) is 34.6 Å². The minimum Gasteiger partial charge on any atom is -0.349 e. The molecule has 17 heavy (non-hydrogen) atoms. The molecule has 5 heteroatoms. The molecule has 0 spiro atoms. The summed E-state index contributed by atoms with van der Waals surface area (Å²) in [6, 6.07) is 4.40. The molecule has 3 nitrogen and oxygen atoms in total. The van der Waals surface area contributed by atoms with E-state index in [9.17, 15) is 14.0 Å². The molecule has 0 saturated carbocycles. The predicted octanol–water partition coefficient (Wildman–Crippen LogP) is 2.07.